The second-order valence-corrected chi connectivity index (χ2v) is 5.55. The molecule has 126 valence electrons. The zero-order valence-electron chi connectivity index (χ0n) is 13.3. The van der Waals surface area contributed by atoms with E-state index in [-0.39, 0.29) is 6.42 Å². The molecule has 0 fully saturated rings. The number of H-pyrrole nitrogens is 1. The molecule has 0 bridgehead atoms. The molecule has 0 aliphatic carbocycles. The fourth-order valence-electron chi connectivity index (χ4n) is 2.58. The molecule has 0 saturated heterocycles. The van der Waals surface area contributed by atoms with E-state index in [4.69, 9.17) is 0 Å². The van der Waals surface area contributed by atoms with Crippen LogP contribution in [0.2, 0.25) is 0 Å². The van der Waals surface area contributed by atoms with Crippen LogP contribution in [0, 0.1) is 0 Å². The van der Waals surface area contributed by atoms with E-state index in [2.05, 4.69) is 15.3 Å². The van der Waals surface area contributed by atoms with Crippen molar-refractivity contribution < 1.29 is 14.7 Å². The molecule has 0 aliphatic rings. The van der Waals surface area contributed by atoms with Gasteiger partial charge < -0.3 is 15.4 Å². The lowest BCUT2D eigenvalue weighted by Gasteiger charge is -2.12. The molecule has 6 nitrogen and oxygen atoms in total. The zero-order valence-corrected chi connectivity index (χ0v) is 13.3. The molecule has 0 unspecified atom stereocenters. The Morgan fingerprint density at radius 1 is 1.20 bits per heavy atom. The summed E-state index contributed by atoms with van der Waals surface area (Å²) in [6.07, 6.45) is 6.42. The van der Waals surface area contributed by atoms with Crippen LogP contribution in [-0.2, 0) is 16.0 Å². The van der Waals surface area contributed by atoms with Crippen LogP contribution in [0.3, 0.4) is 0 Å². The normalized spacial score (nSPS) is 12.3. The van der Waals surface area contributed by atoms with Crippen molar-refractivity contribution in [2.75, 3.05) is 0 Å². The number of hydrogen-bond acceptors (Lipinski definition) is 3. The monoisotopic (exact) mass is 335 g/mol. The number of para-hydroxylation sites is 1. The molecule has 0 saturated carbocycles. The highest BCUT2D eigenvalue weighted by Gasteiger charge is 2.21. The third-order valence-electron chi connectivity index (χ3n) is 3.81. The van der Waals surface area contributed by atoms with Crippen molar-refractivity contribution in [3.63, 3.8) is 0 Å². The SMILES string of the molecule is O=C(/C=C/c1ccccn1)N[C@H](Cc1c[nH]c2ccccc12)C(=O)O. The summed E-state index contributed by atoms with van der Waals surface area (Å²) in [5.41, 5.74) is 2.40. The Bertz CT molecular complexity index is 916. The summed E-state index contributed by atoms with van der Waals surface area (Å²) in [4.78, 5) is 30.7. The van der Waals surface area contributed by atoms with Crippen molar-refractivity contribution in [2.45, 2.75) is 12.5 Å². The highest BCUT2D eigenvalue weighted by molar-refractivity contribution is 5.94. The predicted octanol–water partition coefficient (Wildman–Crippen LogP) is 2.39. The number of fused-ring (bicyclic) bond motifs is 1. The van der Waals surface area contributed by atoms with E-state index in [1.54, 1.807) is 30.6 Å². The molecule has 3 N–H and O–H groups in total. The number of carbonyl (C=O) groups is 2. The molecule has 1 amide bonds. The first-order valence-electron chi connectivity index (χ1n) is 7.81. The minimum atomic E-state index is -1.08. The van der Waals surface area contributed by atoms with Crippen molar-refractivity contribution in [1.29, 1.82) is 0 Å². The lowest BCUT2D eigenvalue weighted by atomic mass is 10.0. The fraction of sp³-hybridized carbons (Fsp3) is 0.105. The Labute approximate surface area is 144 Å². The van der Waals surface area contributed by atoms with Crippen LogP contribution >= 0.6 is 0 Å². The van der Waals surface area contributed by atoms with Gasteiger partial charge in [-0.15, -0.1) is 0 Å². The quantitative estimate of drug-likeness (QED) is 0.603. The van der Waals surface area contributed by atoms with Gasteiger partial charge in [0.05, 0.1) is 5.69 Å². The van der Waals surface area contributed by atoms with E-state index in [0.29, 0.717) is 5.69 Å². The Morgan fingerprint density at radius 2 is 2.00 bits per heavy atom. The van der Waals surface area contributed by atoms with E-state index in [0.717, 1.165) is 16.5 Å². The molecule has 0 aliphatic heterocycles. The minimum Gasteiger partial charge on any atom is -0.480 e. The van der Waals surface area contributed by atoms with Gasteiger partial charge in [-0.25, -0.2) is 4.79 Å². The Hall–Kier alpha value is -3.41. The van der Waals surface area contributed by atoms with Gasteiger partial charge in [-0.05, 0) is 29.8 Å². The van der Waals surface area contributed by atoms with Crippen molar-refractivity contribution >= 4 is 28.9 Å². The molecule has 3 rings (SSSR count). The molecular formula is C19H17N3O3. The van der Waals surface area contributed by atoms with Crippen LogP contribution < -0.4 is 5.32 Å². The Balaban J connectivity index is 1.70. The van der Waals surface area contributed by atoms with Gasteiger partial charge in [0.1, 0.15) is 6.04 Å². The molecule has 3 aromatic rings. The summed E-state index contributed by atoms with van der Waals surface area (Å²) in [6.45, 7) is 0. The van der Waals surface area contributed by atoms with Crippen LogP contribution in [0.25, 0.3) is 17.0 Å². The molecule has 6 heteroatoms. The number of nitrogens with zero attached hydrogens (tertiary/aromatic N) is 1. The lowest BCUT2D eigenvalue weighted by molar-refractivity contribution is -0.141. The van der Waals surface area contributed by atoms with Gasteiger partial charge in [-0.3, -0.25) is 9.78 Å². The maximum absolute atomic E-state index is 12.0. The Kier molecular flexibility index (Phi) is 4.89. The van der Waals surface area contributed by atoms with Crippen LogP contribution in [0.15, 0.2) is 60.9 Å². The smallest absolute Gasteiger partial charge is 0.326 e. The summed E-state index contributed by atoms with van der Waals surface area (Å²) in [5, 5.41) is 12.9. The topological polar surface area (TPSA) is 95.1 Å². The van der Waals surface area contributed by atoms with E-state index in [1.807, 2.05) is 30.3 Å². The highest BCUT2D eigenvalue weighted by Crippen LogP contribution is 2.19. The fourth-order valence-corrected chi connectivity index (χ4v) is 2.58. The van der Waals surface area contributed by atoms with Gasteiger partial charge in [0, 0.05) is 35.8 Å². The van der Waals surface area contributed by atoms with Crippen LogP contribution in [0.4, 0.5) is 0 Å². The number of nitrogens with one attached hydrogen (secondary N) is 2. The number of carbonyl (C=O) groups excluding carboxylic acids is 1. The van der Waals surface area contributed by atoms with Crippen molar-refractivity contribution in [2.24, 2.45) is 0 Å². The maximum atomic E-state index is 12.0. The van der Waals surface area contributed by atoms with Crippen LogP contribution in [-0.4, -0.2) is 33.0 Å². The minimum absolute atomic E-state index is 0.197. The zero-order chi connectivity index (χ0) is 17.6. The van der Waals surface area contributed by atoms with Gasteiger partial charge in [0.2, 0.25) is 5.91 Å². The van der Waals surface area contributed by atoms with Gasteiger partial charge >= 0.3 is 5.97 Å². The first kappa shape index (κ1) is 16.4. The first-order chi connectivity index (χ1) is 12.1. The number of carboxylic acids is 1. The lowest BCUT2D eigenvalue weighted by Crippen LogP contribution is -2.41. The summed E-state index contributed by atoms with van der Waals surface area (Å²) in [5.74, 6) is -1.55. The number of aromatic amines is 1. The number of rotatable bonds is 6. The third kappa shape index (κ3) is 4.11. The van der Waals surface area contributed by atoms with E-state index < -0.39 is 17.9 Å². The number of amides is 1. The average molecular weight is 335 g/mol. The number of pyridine rings is 1. The number of benzene rings is 1. The summed E-state index contributed by atoms with van der Waals surface area (Å²) in [7, 11) is 0. The molecule has 0 spiro atoms. The van der Waals surface area contributed by atoms with Gasteiger partial charge in [0.15, 0.2) is 0 Å². The first-order valence-corrected chi connectivity index (χ1v) is 7.81. The molecule has 1 aromatic carbocycles. The third-order valence-corrected chi connectivity index (χ3v) is 3.81. The van der Waals surface area contributed by atoms with E-state index >= 15 is 0 Å². The van der Waals surface area contributed by atoms with E-state index in [9.17, 15) is 14.7 Å². The summed E-state index contributed by atoms with van der Waals surface area (Å²) >= 11 is 0. The molecule has 25 heavy (non-hydrogen) atoms. The van der Waals surface area contributed by atoms with Gasteiger partial charge in [-0.2, -0.15) is 0 Å². The number of carboxylic acid groups (broad SMARTS) is 1. The van der Waals surface area contributed by atoms with Crippen LogP contribution in [0.1, 0.15) is 11.3 Å². The number of hydrogen-bond donors (Lipinski definition) is 3. The second-order valence-electron chi connectivity index (χ2n) is 5.55. The number of aliphatic carboxylic acids is 1. The molecule has 2 aromatic heterocycles. The van der Waals surface area contributed by atoms with Crippen molar-refractivity contribution in [1.82, 2.24) is 15.3 Å². The van der Waals surface area contributed by atoms with E-state index in [1.165, 1.54) is 6.08 Å². The summed E-state index contributed by atoms with van der Waals surface area (Å²) in [6, 6.07) is 12.0. The van der Waals surface area contributed by atoms with Gasteiger partial charge in [-0.1, -0.05) is 24.3 Å². The highest BCUT2D eigenvalue weighted by atomic mass is 16.4. The molecule has 0 radical (unpaired) electrons. The number of aromatic nitrogens is 2. The molecule has 2 heterocycles. The summed E-state index contributed by atoms with van der Waals surface area (Å²) < 4.78 is 0. The molecular weight excluding hydrogens is 318 g/mol. The standard InChI is InChI=1S/C19H17N3O3/c23-18(9-8-14-5-3-4-10-20-14)22-17(19(24)25)11-13-12-21-16-7-2-1-6-15(13)16/h1-10,12,17,21H,11H2,(H,22,23)(H,24,25)/b9-8+/t17-/m1/s1. The van der Waals surface area contributed by atoms with Gasteiger partial charge in [0.25, 0.3) is 0 Å². The largest absolute Gasteiger partial charge is 0.480 e. The van der Waals surface area contributed by atoms with Crippen molar-refractivity contribution in [3.05, 3.63) is 72.2 Å². The van der Waals surface area contributed by atoms with Crippen molar-refractivity contribution in [3.8, 4) is 0 Å². The average Bonchev–Trinajstić information content (AvgIpc) is 3.03. The van der Waals surface area contributed by atoms with Crippen LogP contribution in [0.5, 0.6) is 0 Å². The predicted molar refractivity (Wildman–Crippen MR) is 94.8 cm³/mol. The molecule has 1 atom stereocenters. The second kappa shape index (κ2) is 7.44. The maximum Gasteiger partial charge on any atom is 0.326 e. The Morgan fingerprint density at radius 3 is 2.76 bits per heavy atom.